The highest BCUT2D eigenvalue weighted by Crippen LogP contribution is 2.13. The number of hydrogen-bond acceptors (Lipinski definition) is 4. The molecule has 0 saturated carbocycles. The van der Waals surface area contributed by atoms with Crippen LogP contribution in [0.15, 0.2) is 24.3 Å². The third kappa shape index (κ3) is 9.30. The van der Waals surface area contributed by atoms with Gasteiger partial charge in [0.05, 0.1) is 12.5 Å². The Hall–Kier alpha value is -2.62. The van der Waals surface area contributed by atoms with Crippen LogP contribution in [-0.4, -0.2) is 51.5 Å². The van der Waals surface area contributed by atoms with Crippen molar-refractivity contribution >= 4 is 17.8 Å². The van der Waals surface area contributed by atoms with E-state index in [0.717, 1.165) is 11.1 Å². The molecule has 0 heterocycles. The van der Waals surface area contributed by atoms with Crippen molar-refractivity contribution in [3.8, 4) is 0 Å². The molecule has 0 fully saturated rings. The molecule has 0 aliphatic heterocycles. The number of aliphatic hydroxyl groups is 1. The summed E-state index contributed by atoms with van der Waals surface area (Å²) in [4.78, 5) is 31.0. The van der Waals surface area contributed by atoms with Crippen molar-refractivity contribution < 1.29 is 42.9 Å². The van der Waals surface area contributed by atoms with Crippen LogP contribution in [0.2, 0.25) is 0 Å². The van der Waals surface area contributed by atoms with Crippen LogP contribution in [0.3, 0.4) is 0 Å². The Morgan fingerprint density at radius 2 is 1.56 bits per heavy atom. The summed E-state index contributed by atoms with van der Waals surface area (Å²) in [6.07, 6.45) is -6.51. The molecule has 0 saturated heterocycles. The van der Waals surface area contributed by atoms with Gasteiger partial charge in [-0.1, -0.05) is 29.8 Å². The highest BCUT2D eigenvalue weighted by Gasteiger charge is 2.38. The summed E-state index contributed by atoms with van der Waals surface area (Å²) in [6, 6.07) is 6.66. The quantitative estimate of drug-likeness (QED) is 0.620. The molecular weight excluding hydrogens is 347 g/mol. The number of nitrogens with one attached hydrogen (secondary N) is 1. The molecule has 1 aromatic carbocycles. The van der Waals surface area contributed by atoms with Crippen LogP contribution in [0.4, 0.5) is 13.2 Å². The fraction of sp³-hybridized carbons (Fsp3) is 0.400. The van der Waals surface area contributed by atoms with Crippen LogP contribution in [-0.2, 0) is 20.8 Å². The SMILES string of the molecule is Cc1ccc(CC(=O)NC(C)C(O)C(=O)O)cc1.O=C(O)C(F)(F)F. The van der Waals surface area contributed by atoms with Gasteiger partial charge < -0.3 is 20.6 Å². The Balaban J connectivity index is 0.000000697. The van der Waals surface area contributed by atoms with Crippen molar-refractivity contribution in [2.45, 2.75) is 38.6 Å². The predicted octanol–water partition coefficient (Wildman–Crippen LogP) is 1.12. The Morgan fingerprint density at radius 3 is 1.92 bits per heavy atom. The molecule has 4 N–H and O–H groups in total. The lowest BCUT2D eigenvalue weighted by Crippen LogP contribution is -2.45. The lowest BCUT2D eigenvalue weighted by molar-refractivity contribution is -0.192. The Labute approximate surface area is 141 Å². The van der Waals surface area contributed by atoms with E-state index < -0.39 is 30.3 Å². The number of carboxylic acid groups (broad SMARTS) is 2. The molecule has 0 aliphatic rings. The van der Waals surface area contributed by atoms with Crippen molar-refractivity contribution in [1.29, 1.82) is 0 Å². The molecule has 10 heteroatoms. The van der Waals surface area contributed by atoms with E-state index in [2.05, 4.69) is 5.32 Å². The van der Waals surface area contributed by atoms with E-state index in [4.69, 9.17) is 15.0 Å². The van der Waals surface area contributed by atoms with E-state index >= 15 is 0 Å². The second kappa shape index (κ2) is 9.62. The van der Waals surface area contributed by atoms with Crippen LogP contribution in [0.1, 0.15) is 18.1 Å². The molecule has 1 rings (SSSR count). The molecule has 7 nitrogen and oxygen atoms in total. The van der Waals surface area contributed by atoms with Crippen molar-refractivity contribution in [3.63, 3.8) is 0 Å². The van der Waals surface area contributed by atoms with E-state index in [1.165, 1.54) is 6.92 Å². The zero-order valence-corrected chi connectivity index (χ0v) is 13.4. The van der Waals surface area contributed by atoms with Gasteiger partial charge in [0, 0.05) is 0 Å². The number of hydrogen-bond donors (Lipinski definition) is 4. The van der Waals surface area contributed by atoms with Gasteiger partial charge in [0.15, 0.2) is 6.10 Å². The van der Waals surface area contributed by atoms with Gasteiger partial charge >= 0.3 is 18.1 Å². The van der Waals surface area contributed by atoms with Gasteiger partial charge in [-0.25, -0.2) is 9.59 Å². The van der Waals surface area contributed by atoms with E-state index in [9.17, 15) is 27.9 Å². The van der Waals surface area contributed by atoms with E-state index in [1.807, 2.05) is 31.2 Å². The zero-order valence-electron chi connectivity index (χ0n) is 13.4. The van der Waals surface area contributed by atoms with Crippen LogP contribution in [0.5, 0.6) is 0 Å². The molecular formula is C15H18F3NO6. The Morgan fingerprint density at radius 1 is 1.12 bits per heavy atom. The second-order valence-corrected chi connectivity index (χ2v) is 5.10. The number of halogens is 3. The average molecular weight is 365 g/mol. The molecule has 140 valence electrons. The van der Waals surface area contributed by atoms with Crippen molar-refractivity contribution in [3.05, 3.63) is 35.4 Å². The predicted molar refractivity (Wildman–Crippen MR) is 79.8 cm³/mol. The number of rotatable bonds is 5. The molecule has 2 unspecified atom stereocenters. The highest BCUT2D eigenvalue weighted by molar-refractivity contribution is 5.80. The number of aliphatic hydroxyl groups excluding tert-OH is 1. The summed E-state index contributed by atoms with van der Waals surface area (Å²) in [7, 11) is 0. The van der Waals surface area contributed by atoms with Crippen molar-refractivity contribution in [2.75, 3.05) is 0 Å². The van der Waals surface area contributed by atoms with E-state index in [-0.39, 0.29) is 12.3 Å². The largest absolute Gasteiger partial charge is 0.490 e. The van der Waals surface area contributed by atoms with E-state index in [1.54, 1.807) is 0 Å². The molecule has 0 aromatic heterocycles. The number of amides is 1. The molecule has 1 amide bonds. The first kappa shape index (κ1) is 22.4. The smallest absolute Gasteiger partial charge is 0.479 e. The lowest BCUT2D eigenvalue weighted by Gasteiger charge is -2.16. The molecule has 25 heavy (non-hydrogen) atoms. The molecule has 0 radical (unpaired) electrons. The van der Waals surface area contributed by atoms with Crippen LogP contribution >= 0.6 is 0 Å². The summed E-state index contributed by atoms with van der Waals surface area (Å²) < 4.78 is 31.7. The normalized spacial score (nSPS) is 13.0. The lowest BCUT2D eigenvalue weighted by atomic mass is 10.1. The van der Waals surface area contributed by atoms with Crippen LogP contribution in [0, 0.1) is 6.92 Å². The number of benzene rings is 1. The first-order valence-corrected chi connectivity index (χ1v) is 6.90. The number of carboxylic acids is 2. The summed E-state index contributed by atoms with van der Waals surface area (Å²) >= 11 is 0. The molecule has 0 spiro atoms. The van der Waals surface area contributed by atoms with E-state index in [0.29, 0.717) is 0 Å². The molecule has 1 aromatic rings. The fourth-order valence-electron chi connectivity index (χ4n) is 1.49. The van der Waals surface area contributed by atoms with Gasteiger partial charge in [-0.15, -0.1) is 0 Å². The number of aryl methyl sites for hydroxylation is 1. The number of carbonyl (C=O) groups excluding carboxylic acids is 1. The standard InChI is InChI=1S/C13H17NO4.C2HF3O2/c1-8-3-5-10(6-4-8)7-11(15)14-9(2)12(16)13(17)18;3-2(4,5)1(6)7/h3-6,9,12,16H,7H2,1-2H3,(H,14,15)(H,17,18);(H,6,7). The summed E-state index contributed by atoms with van der Waals surface area (Å²) in [6.45, 7) is 3.40. The van der Waals surface area contributed by atoms with Gasteiger partial charge in [0.25, 0.3) is 0 Å². The van der Waals surface area contributed by atoms with Gasteiger partial charge in [0.1, 0.15) is 0 Å². The first-order valence-electron chi connectivity index (χ1n) is 6.90. The third-order valence-electron chi connectivity index (χ3n) is 2.84. The highest BCUT2D eigenvalue weighted by atomic mass is 19.4. The zero-order chi connectivity index (χ0) is 19.8. The van der Waals surface area contributed by atoms with Gasteiger partial charge in [-0.3, -0.25) is 4.79 Å². The molecule has 0 aliphatic carbocycles. The molecule has 2 atom stereocenters. The monoisotopic (exact) mass is 365 g/mol. The fourth-order valence-corrected chi connectivity index (χ4v) is 1.49. The number of aliphatic carboxylic acids is 2. The third-order valence-corrected chi connectivity index (χ3v) is 2.84. The number of carbonyl (C=O) groups is 3. The summed E-state index contributed by atoms with van der Waals surface area (Å²) in [5, 5.41) is 27.4. The summed E-state index contributed by atoms with van der Waals surface area (Å²) in [5.74, 6) is -4.42. The minimum atomic E-state index is -5.08. The maximum Gasteiger partial charge on any atom is 0.490 e. The van der Waals surface area contributed by atoms with Gasteiger partial charge in [-0.05, 0) is 19.4 Å². The maximum atomic E-state index is 11.6. The first-order chi connectivity index (χ1) is 11.3. The number of alkyl halides is 3. The topological polar surface area (TPSA) is 124 Å². The molecule has 0 bridgehead atoms. The summed E-state index contributed by atoms with van der Waals surface area (Å²) in [5.41, 5.74) is 1.95. The average Bonchev–Trinajstić information content (AvgIpc) is 2.48. The van der Waals surface area contributed by atoms with Crippen LogP contribution < -0.4 is 5.32 Å². The van der Waals surface area contributed by atoms with Crippen LogP contribution in [0.25, 0.3) is 0 Å². The minimum Gasteiger partial charge on any atom is -0.479 e. The Bertz CT molecular complexity index is 600. The maximum absolute atomic E-state index is 11.6. The second-order valence-electron chi connectivity index (χ2n) is 5.10. The van der Waals surface area contributed by atoms with Gasteiger partial charge in [-0.2, -0.15) is 13.2 Å². The van der Waals surface area contributed by atoms with Gasteiger partial charge in [0.2, 0.25) is 5.91 Å². The van der Waals surface area contributed by atoms with Crippen molar-refractivity contribution in [2.24, 2.45) is 0 Å². The van der Waals surface area contributed by atoms with Crippen molar-refractivity contribution in [1.82, 2.24) is 5.32 Å². The Kier molecular flexibility index (Phi) is 8.61. The minimum absolute atomic E-state index is 0.164.